The number of alkyl halides is 1. The molecule has 0 saturated carbocycles. The van der Waals surface area contributed by atoms with Crippen LogP contribution in [-0.4, -0.2) is 118 Å². The summed E-state index contributed by atoms with van der Waals surface area (Å²) in [7, 11) is -6.33. The van der Waals surface area contributed by atoms with Crippen molar-refractivity contribution >= 4 is 71.5 Å². The smallest absolute Gasteiger partial charge is 0.407 e. The van der Waals surface area contributed by atoms with E-state index < -0.39 is 92.4 Å². The number of alkyl carbamates (subject to hydrolysis) is 2. The van der Waals surface area contributed by atoms with Crippen LogP contribution in [0.2, 0.25) is 0 Å². The van der Waals surface area contributed by atoms with Crippen LogP contribution in [0.1, 0.15) is 81.1 Å². The molecule has 2 aromatic carbocycles. The number of ether oxygens (including phenoxy) is 4. The lowest BCUT2D eigenvalue weighted by Crippen LogP contribution is -2.44. The highest BCUT2D eigenvalue weighted by molar-refractivity contribution is 9.09. The van der Waals surface area contributed by atoms with Crippen molar-refractivity contribution < 1.29 is 64.8 Å². The number of carbonyl (C=O) groups is 4. The maximum atomic E-state index is 13.2. The molecule has 0 radical (unpaired) electrons. The number of halogens is 1. The van der Waals surface area contributed by atoms with E-state index in [-0.39, 0.29) is 25.6 Å². The lowest BCUT2D eigenvalue weighted by Gasteiger charge is -2.26. The average molecular weight is 1000 g/mol. The summed E-state index contributed by atoms with van der Waals surface area (Å²) in [5.74, 6) is -1.59. The molecule has 63 heavy (non-hydrogen) atoms. The zero-order valence-electron chi connectivity index (χ0n) is 37.0. The fraction of sp³-hybridized carbons (Fsp3) is 0.579. The van der Waals surface area contributed by atoms with Gasteiger partial charge in [-0.3, -0.25) is 29.8 Å². The van der Waals surface area contributed by atoms with Gasteiger partial charge in [0.15, 0.2) is 9.79 Å². The van der Waals surface area contributed by atoms with Crippen LogP contribution in [0, 0.1) is 20.2 Å². The molecule has 0 fully saturated rings. The highest BCUT2D eigenvalue weighted by Gasteiger charge is 2.37. The van der Waals surface area contributed by atoms with Gasteiger partial charge in [-0.15, -0.1) is 0 Å². The molecule has 0 aliphatic carbocycles. The summed E-state index contributed by atoms with van der Waals surface area (Å²) >= 11 is 3.32. The molecular formula is C38H59BrN6O16S2. The molecule has 2 rings (SSSR count). The van der Waals surface area contributed by atoms with E-state index in [0.29, 0.717) is 13.0 Å². The zero-order chi connectivity index (χ0) is 48.8. The predicted octanol–water partition coefficient (Wildman–Crippen LogP) is 5.57. The van der Waals surface area contributed by atoms with Gasteiger partial charge in [0, 0.05) is 37.1 Å². The number of hydrogen-bond acceptors (Lipinski definition) is 16. The summed E-state index contributed by atoms with van der Waals surface area (Å²) in [6, 6.07) is 7.43. The van der Waals surface area contributed by atoms with Gasteiger partial charge in [0.25, 0.3) is 21.4 Å². The third-order valence-corrected chi connectivity index (χ3v) is 11.7. The van der Waals surface area contributed by atoms with Crippen molar-refractivity contribution in [3.05, 3.63) is 68.8 Å². The van der Waals surface area contributed by atoms with Gasteiger partial charge in [-0.2, -0.15) is 9.03 Å². The van der Waals surface area contributed by atoms with Crippen LogP contribution in [0.4, 0.5) is 21.0 Å². The molecule has 22 nitrogen and oxygen atoms in total. The minimum Gasteiger partial charge on any atom is -0.468 e. The van der Waals surface area contributed by atoms with Crippen molar-refractivity contribution in [3.63, 3.8) is 0 Å². The molecule has 0 saturated heterocycles. The fourth-order valence-electron chi connectivity index (χ4n) is 4.74. The Balaban J connectivity index is 0.00000102. The second kappa shape index (κ2) is 27.3. The van der Waals surface area contributed by atoms with E-state index in [1.807, 2.05) is 25.5 Å². The van der Waals surface area contributed by atoms with Crippen LogP contribution in [-0.2, 0) is 48.6 Å². The van der Waals surface area contributed by atoms with E-state index in [9.17, 15) is 56.2 Å². The molecule has 0 aliphatic heterocycles. The van der Waals surface area contributed by atoms with E-state index in [0.717, 1.165) is 61.0 Å². The SMILES string of the molecule is CC(C)(C)OC(=O)NCCCCBr.COC(=O)C(C)N(CCCCNC(=O)OC(C)(C)C)S(=O)(=O)c1ccccc1[N+](=O)[O-].COC(=O)C(C)NS(=O)(=O)c1ccccc1[N+](=O)[O-]. The lowest BCUT2D eigenvalue weighted by molar-refractivity contribution is -0.388. The first-order chi connectivity index (χ1) is 29.1. The standard InChI is InChI=1S/C19H29N3O8S.C10H12N2O6S.C9H18BrNO2/c1-14(17(23)29-5)21(13-9-8-12-20-18(24)30-19(2,3)4)31(27,28)16-11-7-6-10-15(16)22(25)26;1-7(10(13)18-2)11-19(16,17)9-6-4-3-5-8(9)12(14)15;1-9(2,3)13-8(12)11-7-5-4-6-10/h6-7,10-11,14H,8-9,12-13H2,1-5H3,(H,20,24);3-7,11H,1-2H3;4-7H2,1-3H3,(H,11,12). The number of para-hydroxylation sites is 2. The van der Waals surface area contributed by atoms with Crippen LogP contribution >= 0.6 is 15.9 Å². The number of hydrogen-bond donors (Lipinski definition) is 3. The minimum absolute atomic E-state index is 0.110. The van der Waals surface area contributed by atoms with Crippen molar-refractivity contribution in [2.75, 3.05) is 39.2 Å². The first-order valence-electron chi connectivity index (χ1n) is 19.2. The fourth-order valence-corrected chi connectivity index (χ4v) is 8.28. The van der Waals surface area contributed by atoms with Crippen LogP contribution in [0.5, 0.6) is 0 Å². The van der Waals surface area contributed by atoms with Crippen molar-refractivity contribution in [3.8, 4) is 0 Å². The number of rotatable bonds is 19. The summed E-state index contributed by atoms with van der Waals surface area (Å²) < 4.78 is 72.4. The Labute approximate surface area is 376 Å². The van der Waals surface area contributed by atoms with E-state index in [4.69, 9.17) is 9.47 Å². The Hall–Kier alpha value is -4.98. The van der Waals surface area contributed by atoms with E-state index in [1.165, 1.54) is 38.1 Å². The van der Waals surface area contributed by atoms with E-state index >= 15 is 0 Å². The number of nitrogens with zero attached hydrogens (tertiary/aromatic N) is 3. The first kappa shape index (κ1) is 58.0. The second-order valence-corrected chi connectivity index (χ2v) is 19.4. The van der Waals surface area contributed by atoms with Crippen LogP contribution < -0.4 is 15.4 Å². The van der Waals surface area contributed by atoms with Crippen LogP contribution in [0.3, 0.4) is 0 Å². The van der Waals surface area contributed by atoms with Gasteiger partial charge in [-0.25, -0.2) is 26.4 Å². The number of nitrogens with one attached hydrogen (secondary N) is 3. The number of esters is 2. The van der Waals surface area contributed by atoms with Gasteiger partial charge < -0.3 is 29.6 Å². The molecule has 0 aliphatic rings. The highest BCUT2D eigenvalue weighted by atomic mass is 79.9. The molecule has 0 heterocycles. The maximum absolute atomic E-state index is 13.2. The number of methoxy groups -OCH3 is 2. The summed E-state index contributed by atoms with van der Waals surface area (Å²) in [4.78, 5) is 65.4. The summed E-state index contributed by atoms with van der Waals surface area (Å²) in [5, 5.41) is 28.3. The number of carbonyl (C=O) groups excluding carboxylic acids is 4. The van der Waals surface area contributed by atoms with Crippen molar-refractivity contribution in [2.45, 2.75) is 114 Å². The number of amides is 2. The molecular weight excluding hydrogens is 940 g/mol. The lowest BCUT2D eigenvalue weighted by atomic mass is 10.2. The second-order valence-electron chi connectivity index (χ2n) is 15.1. The number of unbranched alkanes of at least 4 members (excludes halogenated alkanes) is 2. The van der Waals surface area contributed by atoms with Crippen LogP contribution in [0.15, 0.2) is 58.3 Å². The molecule has 0 bridgehead atoms. The Kier molecular flexibility index (Phi) is 25.1. The first-order valence-corrected chi connectivity index (χ1v) is 23.3. The van der Waals surface area contributed by atoms with E-state index in [1.54, 1.807) is 20.8 Å². The molecule has 0 spiro atoms. The van der Waals surface area contributed by atoms with E-state index in [2.05, 4.69) is 36.0 Å². The molecule has 2 amide bonds. The minimum atomic E-state index is -4.38. The summed E-state index contributed by atoms with van der Waals surface area (Å²) in [5.41, 5.74) is -2.20. The Morgan fingerprint density at radius 1 is 0.698 bits per heavy atom. The monoisotopic (exact) mass is 998 g/mol. The topological polar surface area (TPSA) is 299 Å². The van der Waals surface area contributed by atoms with Gasteiger partial charge in [-0.05, 0) is 93.2 Å². The number of nitro groups is 2. The number of sulfonamides is 2. The maximum Gasteiger partial charge on any atom is 0.407 e. The van der Waals surface area contributed by atoms with Gasteiger partial charge in [0.1, 0.15) is 23.3 Å². The van der Waals surface area contributed by atoms with Crippen molar-refractivity contribution in [2.24, 2.45) is 0 Å². The summed E-state index contributed by atoms with van der Waals surface area (Å²) in [6.07, 6.45) is 1.77. The van der Waals surface area contributed by atoms with Gasteiger partial charge in [0.2, 0.25) is 10.0 Å². The van der Waals surface area contributed by atoms with Crippen molar-refractivity contribution in [1.29, 1.82) is 0 Å². The quantitative estimate of drug-likeness (QED) is 0.0387. The average Bonchev–Trinajstić information content (AvgIpc) is 3.18. The Morgan fingerprint density at radius 3 is 1.52 bits per heavy atom. The third kappa shape index (κ3) is 22.3. The molecule has 0 aromatic heterocycles. The molecule has 2 atom stereocenters. The van der Waals surface area contributed by atoms with Gasteiger partial charge >= 0.3 is 24.1 Å². The Morgan fingerprint density at radius 2 is 1.11 bits per heavy atom. The van der Waals surface area contributed by atoms with Crippen LogP contribution in [0.25, 0.3) is 0 Å². The molecule has 356 valence electrons. The molecule has 2 aromatic rings. The largest absolute Gasteiger partial charge is 0.468 e. The Bertz CT molecular complexity index is 2060. The van der Waals surface area contributed by atoms with Gasteiger partial charge in [-0.1, -0.05) is 40.2 Å². The predicted molar refractivity (Wildman–Crippen MR) is 234 cm³/mol. The molecule has 25 heteroatoms. The number of nitro benzene ring substituents is 2. The highest BCUT2D eigenvalue weighted by Crippen LogP contribution is 2.28. The van der Waals surface area contributed by atoms with Gasteiger partial charge in [0.05, 0.1) is 24.1 Å². The molecule has 3 N–H and O–H groups in total. The molecule has 2 unspecified atom stereocenters. The zero-order valence-corrected chi connectivity index (χ0v) is 40.2. The number of benzene rings is 2. The third-order valence-electron chi connectivity index (χ3n) is 7.56. The van der Waals surface area contributed by atoms with Crippen molar-refractivity contribution in [1.82, 2.24) is 19.7 Å². The normalized spacial score (nSPS) is 12.4. The summed E-state index contributed by atoms with van der Waals surface area (Å²) in [6.45, 7) is 14.2.